The third-order valence-electron chi connectivity index (χ3n) is 3.84. The molecule has 1 unspecified atom stereocenters. The zero-order valence-corrected chi connectivity index (χ0v) is 12.8. The average Bonchev–Trinajstić information content (AvgIpc) is 2.87. The Labute approximate surface area is 122 Å². The summed E-state index contributed by atoms with van der Waals surface area (Å²) in [6, 6.07) is 8.92. The number of hydrogen-bond acceptors (Lipinski definition) is 2. The molecule has 3 heteroatoms. The summed E-state index contributed by atoms with van der Waals surface area (Å²) in [4.78, 5) is 4.48. The maximum Gasteiger partial charge on any atom is 0.0958 e. The minimum atomic E-state index is 0.550. The van der Waals surface area contributed by atoms with E-state index < -0.39 is 0 Å². The lowest BCUT2D eigenvalue weighted by Crippen LogP contribution is -2.32. The predicted molar refractivity (Wildman–Crippen MR) is 86.0 cm³/mol. The fraction of sp³-hybridized carbons (Fsp3) is 0.588. The first-order valence-electron chi connectivity index (χ1n) is 7.98. The number of imidazole rings is 1. The molecule has 2 aromatic rings. The fourth-order valence-electron chi connectivity index (χ4n) is 2.76. The normalized spacial score (nSPS) is 12.9. The molecule has 0 aliphatic heterocycles. The Hall–Kier alpha value is -1.35. The molecule has 0 saturated carbocycles. The van der Waals surface area contributed by atoms with Gasteiger partial charge in [-0.3, -0.25) is 0 Å². The number of aromatic nitrogens is 2. The molecule has 0 amide bonds. The van der Waals surface area contributed by atoms with E-state index in [-0.39, 0.29) is 0 Å². The first-order chi connectivity index (χ1) is 9.85. The Bertz CT molecular complexity index is 504. The Morgan fingerprint density at radius 3 is 2.80 bits per heavy atom. The quantitative estimate of drug-likeness (QED) is 0.700. The Balaban J connectivity index is 1.96. The molecular weight excluding hydrogens is 246 g/mol. The summed E-state index contributed by atoms with van der Waals surface area (Å²) >= 11 is 0. The van der Waals surface area contributed by atoms with Crippen LogP contribution in [0.15, 0.2) is 30.6 Å². The molecule has 1 aromatic heterocycles. The molecule has 1 atom stereocenters. The molecule has 20 heavy (non-hydrogen) atoms. The van der Waals surface area contributed by atoms with Gasteiger partial charge in [0.05, 0.1) is 17.4 Å². The highest BCUT2D eigenvalue weighted by Gasteiger charge is 2.10. The van der Waals surface area contributed by atoms with Crippen molar-refractivity contribution >= 4 is 11.0 Å². The third kappa shape index (κ3) is 4.07. The van der Waals surface area contributed by atoms with E-state index >= 15 is 0 Å². The highest BCUT2D eigenvalue weighted by molar-refractivity contribution is 5.74. The third-order valence-corrected chi connectivity index (χ3v) is 3.84. The minimum absolute atomic E-state index is 0.550. The highest BCUT2D eigenvalue weighted by Crippen LogP contribution is 2.14. The van der Waals surface area contributed by atoms with E-state index in [4.69, 9.17) is 0 Å². The second kappa shape index (κ2) is 8.05. The van der Waals surface area contributed by atoms with Gasteiger partial charge in [0, 0.05) is 12.6 Å². The van der Waals surface area contributed by atoms with Gasteiger partial charge in [-0.2, -0.15) is 0 Å². The number of hydrogen-bond donors (Lipinski definition) is 1. The van der Waals surface area contributed by atoms with E-state index in [2.05, 4.69) is 46.9 Å². The number of unbranched alkanes of at least 4 members (excludes halogenated alkanes) is 3. The van der Waals surface area contributed by atoms with Crippen molar-refractivity contribution in [2.24, 2.45) is 0 Å². The van der Waals surface area contributed by atoms with Crippen LogP contribution in [0.1, 0.15) is 46.0 Å². The molecule has 0 fully saturated rings. The molecule has 1 N–H and O–H groups in total. The molecule has 0 aliphatic rings. The molecule has 1 heterocycles. The average molecular weight is 273 g/mol. The number of nitrogens with zero attached hydrogens (tertiary/aromatic N) is 2. The second-order valence-corrected chi connectivity index (χ2v) is 5.49. The lowest BCUT2D eigenvalue weighted by molar-refractivity contribution is 0.419. The van der Waals surface area contributed by atoms with E-state index in [1.54, 1.807) is 0 Å². The number of benzene rings is 1. The summed E-state index contributed by atoms with van der Waals surface area (Å²) in [5.74, 6) is 0. The lowest BCUT2D eigenvalue weighted by atomic mass is 10.1. The van der Waals surface area contributed by atoms with E-state index in [1.807, 2.05) is 12.4 Å². The molecule has 0 bridgehead atoms. The number of rotatable bonds is 9. The first kappa shape index (κ1) is 15.0. The van der Waals surface area contributed by atoms with Crippen molar-refractivity contribution in [2.75, 3.05) is 6.54 Å². The standard InChI is InChI=1S/C17H27N3/c1-3-5-6-7-10-15(18-4-2)13-20-14-19-16-11-8-9-12-17(16)20/h8-9,11-12,14-15,18H,3-7,10,13H2,1-2H3. The molecule has 1 aromatic carbocycles. The van der Waals surface area contributed by atoms with Crippen molar-refractivity contribution in [1.82, 2.24) is 14.9 Å². The largest absolute Gasteiger partial charge is 0.329 e. The van der Waals surface area contributed by atoms with E-state index in [9.17, 15) is 0 Å². The number of fused-ring (bicyclic) bond motifs is 1. The van der Waals surface area contributed by atoms with Gasteiger partial charge in [0.15, 0.2) is 0 Å². The van der Waals surface area contributed by atoms with Crippen molar-refractivity contribution in [3.05, 3.63) is 30.6 Å². The lowest BCUT2D eigenvalue weighted by Gasteiger charge is -2.19. The zero-order chi connectivity index (χ0) is 14.2. The maximum absolute atomic E-state index is 4.48. The van der Waals surface area contributed by atoms with E-state index in [0.717, 1.165) is 18.6 Å². The summed E-state index contributed by atoms with van der Waals surface area (Å²) < 4.78 is 2.28. The second-order valence-electron chi connectivity index (χ2n) is 5.49. The van der Waals surface area contributed by atoms with Crippen molar-refractivity contribution in [3.63, 3.8) is 0 Å². The minimum Gasteiger partial charge on any atom is -0.329 e. The highest BCUT2D eigenvalue weighted by atomic mass is 15.1. The number of nitrogens with one attached hydrogen (secondary N) is 1. The van der Waals surface area contributed by atoms with Crippen LogP contribution < -0.4 is 5.32 Å². The summed E-state index contributed by atoms with van der Waals surface area (Å²) in [5, 5.41) is 3.61. The van der Waals surface area contributed by atoms with E-state index in [0.29, 0.717) is 6.04 Å². The van der Waals surface area contributed by atoms with Gasteiger partial charge in [0.1, 0.15) is 0 Å². The van der Waals surface area contributed by atoms with Crippen LogP contribution in [0, 0.1) is 0 Å². The summed E-state index contributed by atoms with van der Waals surface area (Å²) in [6.45, 7) is 6.50. The molecule has 0 spiro atoms. The van der Waals surface area contributed by atoms with Gasteiger partial charge < -0.3 is 9.88 Å². The monoisotopic (exact) mass is 273 g/mol. The van der Waals surface area contributed by atoms with E-state index in [1.165, 1.54) is 37.6 Å². The zero-order valence-electron chi connectivity index (χ0n) is 12.8. The van der Waals surface area contributed by atoms with Crippen LogP contribution in [-0.4, -0.2) is 22.1 Å². The van der Waals surface area contributed by atoms with Crippen molar-refractivity contribution in [3.8, 4) is 0 Å². The van der Waals surface area contributed by atoms with Gasteiger partial charge in [-0.15, -0.1) is 0 Å². The van der Waals surface area contributed by atoms with Crippen LogP contribution in [0.25, 0.3) is 11.0 Å². The molecule has 2 rings (SSSR count). The number of para-hydroxylation sites is 2. The smallest absolute Gasteiger partial charge is 0.0958 e. The molecule has 0 saturated heterocycles. The van der Waals surface area contributed by atoms with Crippen LogP contribution >= 0.6 is 0 Å². The Kier molecular flexibility index (Phi) is 6.06. The van der Waals surface area contributed by atoms with Gasteiger partial charge in [0.25, 0.3) is 0 Å². The van der Waals surface area contributed by atoms with Crippen LogP contribution in [0.4, 0.5) is 0 Å². The molecular formula is C17H27N3. The fourth-order valence-corrected chi connectivity index (χ4v) is 2.76. The summed E-state index contributed by atoms with van der Waals surface area (Å²) in [5.41, 5.74) is 2.33. The van der Waals surface area contributed by atoms with Gasteiger partial charge in [-0.25, -0.2) is 4.98 Å². The summed E-state index contributed by atoms with van der Waals surface area (Å²) in [7, 11) is 0. The van der Waals surface area contributed by atoms with Gasteiger partial charge in [-0.1, -0.05) is 51.7 Å². The maximum atomic E-state index is 4.48. The van der Waals surface area contributed by atoms with Crippen molar-refractivity contribution in [2.45, 2.75) is 58.5 Å². The molecule has 0 aliphatic carbocycles. The first-order valence-corrected chi connectivity index (χ1v) is 7.98. The van der Waals surface area contributed by atoms with Crippen molar-refractivity contribution < 1.29 is 0 Å². The predicted octanol–water partition coefficient (Wildman–Crippen LogP) is 3.98. The van der Waals surface area contributed by atoms with Crippen LogP contribution in [0.2, 0.25) is 0 Å². The van der Waals surface area contributed by atoms with Gasteiger partial charge in [-0.05, 0) is 25.1 Å². The molecule has 110 valence electrons. The van der Waals surface area contributed by atoms with Crippen LogP contribution in [0.5, 0.6) is 0 Å². The summed E-state index contributed by atoms with van der Waals surface area (Å²) in [6.07, 6.45) is 8.55. The number of likely N-dealkylation sites (N-methyl/N-ethyl adjacent to an activating group) is 1. The van der Waals surface area contributed by atoms with Crippen molar-refractivity contribution in [1.29, 1.82) is 0 Å². The van der Waals surface area contributed by atoms with Gasteiger partial charge in [0.2, 0.25) is 0 Å². The Morgan fingerprint density at radius 1 is 1.15 bits per heavy atom. The van der Waals surface area contributed by atoms with Crippen LogP contribution in [0.3, 0.4) is 0 Å². The van der Waals surface area contributed by atoms with Crippen LogP contribution in [-0.2, 0) is 6.54 Å². The SMILES string of the molecule is CCCCCCC(Cn1cnc2ccccc21)NCC. The Morgan fingerprint density at radius 2 is 2.00 bits per heavy atom. The van der Waals surface area contributed by atoms with Gasteiger partial charge >= 0.3 is 0 Å². The molecule has 3 nitrogen and oxygen atoms in total. The molecule has 0 radical (unpaired) electrons. The topological polar surface area (TPSA) is 29.9 Å².